The van der Waals surface area contributed by atoms with Gasteiger partial charge in [0.05, 0.1) is 11.9 Å². The Morgan fingerprint density at radius 3 is 2.63 bits per heavy atom. The molecule has 5 nitrogen and oxygen atoms in total. The third-order valence-electron chi connectivity index (χ3n) is 4.73. The van der Waals surface area contributed by atoms with Gasteiger partial charge in [-0.1, -0.05) is 13.0 Å². The van der Waals surface area contributed by atoms with E-state index in [1.165, 1.54) is 12.3 Å². The lowest BCUT2D eigenvalue weighted by Gasteiger charge is -2.10. The molecule has 150 valence electrons. The number of fused-ring (bicyclic) bond motifs is 1. The summed E-state index contributed by atoms with van der Waals surface area (Å²) in [7, 11) is 0. The van der Waals surface area contributed by atoms with E-state index >= 15 is 0 Å². The molecule has 0 spiro atoms. The van der Waals surface area contributed by atoms with Gasteiger partial charge in [0, 0.05) is 28.8 Å². The maximum absolute atomic E-state index is 13.8. The van der Waals surface area contributed by atoms with Crippen molar-refractivity contribution in [1.29, 1.82) is 0 Å². The molecule has 0 aliphatic rings. The Hall–Kier alpha value is -3.87. The second kappa shape index (κ2) is 7.87. The molecule has 4 aromatic rings. The highest BCUT2D eigenvalue weighted by Gasteiger charge is 2.12. The number of aryl methyl sites for hydroxylation is 1. The number of hydrogen-bond donors (Lipinski definition) is 1. The van der Waals surface area contributed by atoms with Gasteiger partial charge in [0.2, 0.25) is 5.91 Å². The van der Waals surface area contributed by atoms with Crippen LogP contribution >= 0.6 is 0 Å². The molecule has 0 bridgehead atoms. The van der Waals surface area contributed by atoms with Gasteiger partial charge in [-0.3, -0.25) is 9.78 Å². The molecule has 2 aromatic heterocycles. The summed E-state index contributed by atoms with van der Waals surface area (Å²) in [5, 5.41) is 0.426. The van der Waals surface area contributed by atoms with Crippen LogP contribution < -0.4 is 10.5 Å². The molecule has 0 fully saturated rings. The standard InChI is InChI=1S/C23H17F2N3O2/c1-2-13-9-14(3-5-18(13)23(26)29)20-11-16(7-8-27-20)30-17-10-15-4-6-19(24)21(25)22(15)28-12-17/h3-12H,2H2,1H3,(H2,26,29). The van der Waals surface area contributed by atoms with E-state index < -0.39 is 17.5 Å². The zero-order valence-electron chi connectivity index (χ0n) is 16.0. The van der Waals surface area contributed by atoms with Crippen LogP contribution in [0, 0.1) is 11.6 Å². The highest BCUT2D eigenvalue weighted by atomic mass is 19.2. The maximum atomic E-state index is 13.8. The van der Waals surface area contributed by atoms with E-state index in [1.54, 1.807) is 36.5 Å². The summed E-state index contributed by atoms with van der Waals surface area (Å²) in [6.07, 6.45) is 3.59. The van der Waals surface area contributed by atoms with Crippen LogP contribution in [0.1, 0.15) is 22.8 Å². The number of carbonyl (C=O) groups is 1. The number of primary amides is 1. The summed E-state index contributed by atoms with van der Waals surface area (Å²) >= 11 is 0. The molecule has 1 amide bonds. The Morgan fingerprint density at radius 2 is 1.87 bits per heavy atom. The van der Waals surface area contributed by atoms with E-state index in [0.717, 1.165) is 17.2 Å². The molecule has 7 heteroatoms. The fourth-order valence-corrected chi connectivity index (χ4v) is 3.23. The minimum atomic E-state index is -0.989. The van der Waals surface area contributed by atoms with Gasteiger partial charge in [0.1, 0.15) is 17.0 Å². The summed E-state index contributed by atoms with van der Waals surface area (Å²) in [6.45, 7) is 1.94. The van der Waals surface area contributed by atoms with Crippen molar-refractivity contribution in [2.24, 2.45) is 5.73 Å². The summed E-state index contributed by atoms with van der Waals surface area (Å²) in [6, 6.07) is 12.8. The van der Waals surface area contributed by atoms with Crippen LogP contribution in [0.25, 0.3) is 22.2 Å². The lowest BCUT2D eigenvalue weighted by atomic mass is 9.99. The number of halogens is 2. The number of carbonyl (C=O) groups excluding carboxylic acids is 1. The fraction of sp³-hybridized carbons (Fsp3) is 0.0870. The molecule has 4 rings (SSSR count). The van der Waals surface area contributed by atoms with Gasteiger partial charge in [-0.2, -0.15) is 0 Å². The number of hydrogen-bond acceptors (Lipinski definition) is 4. The predicted molar refractivity (Wildman–Crippen MR) is 109 cm³/mol. The zero-order valence-corrected chi connectivity index (χ0v) is 16.0. The predicted octanol–water partition coefficient (Wildman–Crippen LogP) is 5.03. The molecule has 0 atom stereocenters. The molecule has 0 unspecified atom stereocenters. The topological polar surface area (TPSA) is 78.1 Å². The number of rotatable bonds is 5. The Kier molecular flexibility index (Phi) is 5.10. The molecule has 0 aliphatic heterocycles. The third kappa shape index (κ3) is 3.69. The minimum absolute atomic E-state index is 0.0561. The number of amides is 1. The number of nitrogens with two attached hydrogens (primary N) is 1. The van der Waals surface area contributed by atoms with Crippen molar-refractivity contribution in [2.75, 3.05) is 0 Å². The number of ether oxygens (including phenoxy) is 1. The van der Waals surface area contributed by atoms with Gasteiger partial charge in [-0.05, 0) is 48.4 Å². The lowest BCUT2D eigenvalue weighted by molar-refractivity contribution is 0.0999. The second-order valence-electron chi connectivity index (χ2n) is 6.67. The highest BCUT2D eigenvalue weighted by Crippen LogP contribution is 2.29. The van der Waals surface area contributed by atoms with Gasteiger partial charge < -0.3 is 10.5 Å². The first-order chi connectivity index (χ1) is 14.5. The van der Waals surface area contributed by atoms with Crippen molar-refractivity contribution in [3.05, 3.63) is 83.7 Å². The Balaban J connectivity index is 1.65. The van der Waals surface area contributed by atoms with Crippen LogP contribution in [0.15, 0.2) is 60.9 Å². The molecule has 30 heavy (non-hydrogen) atoms. The van der Waals surface area contributed by atoms with E-state index in [-0.39, 0.29) is 5.52 Å². The largest absolute Gasteiger partial charge is 0.456 e. The Morgan fingerprint density at radius 1 is 1.03 bits per heavy atom. The quantitative estimate of drug-likeness (QED) is 0.505. The SMILES string of the molecule is CCc1cc(-c2cc(Oc3cnc4c(F)c(F)ccc4c3)ccn2)ccc1C(N)=O. The zero-order chi connectivity index (χ0) is 21.3. The van der Waals surface area contributed by atoms with Crippen LogP contribution in [0.3, 0.4) is 0 Å². The van der Waals surface area contributed by atoms with Crippen LogP contribution in [0.2, 0.25) is 0 Å². The van der Waals surface area contributed by atoms with Crippen molar-refractivity contribution >= 4 is 16.8 Å². The summed E-state index contributed by atoms with van der Waals surface area (Å²) in [5.41, 5.74) is 8.15. The normalized spacial score (nSPS) is 10.9. The van der Waals surface area contributed by atoms with Crippen LogP contribution in [0.4, 0.5) is 8.78 Å². The van der Waals surface area contributed by atoms with E-state index in [9.17, 15) is 13.6 Å². The highest BCUT2D eigenvalue weighted by molar-refractivity contribution is 5.95. The smallest absolute Gasteiger partial charge is 0.248 e. The molecule has 0 saturated heterocycles. The Bertz CT molecular complexity index is 1270. The van der Waals surface area contributed by atoms with Gasteiger partial charge >= 0.3 is 0 Å². The first-order valence-electron chi connectivity index (χ1n) is 9.27. The van der Waals surface area contributed by atoms with Crippen LogP contribution in [-0.2, 0) is 6.42 Å². The minimum Gasteiger partial charge on any atom is -0.456 e. The maximum Gasteiger partial charge on any atom is 0.248 e. The second-order valence-corrected chi connectivity index (χ2v) is 6.67. The summed E-state index contributed by atoms with van der Waals surface area (Å²) in [4.78, 5) is 19.9. The van der Waals surface area contributed by atoms with Crippen LogP contribution in [-0.4, -0.2) is 15.9 Å². The van der Waals surface area contributed by atoms with Crippen molar-refractivity contribution in [1.82, 2.24) is 9.97 Å². The van der Waals surface area contributed by atoms with Crippen molar-refractivity contribution in [3.8, 4) is 22.8 Å². The average molecular weight is 405 g/mol. The van der Waals surface area contributed by atoms with E-state index in [4.69, 9.17) is 10.5 Å². The molecular weight excluding hydrogens is 388 g/mol. The van der Waals surface area contributed by atoms with Crippen molar-refractivity contribution in [3.63, 3.8) is 0 Å². The van der Waals surface area contributed by atoms with Crippen LogP contribution in [0.5, 0.6) is 11.5 Å². The van der Waals surface area contributed by atoms with E-state index in [0.29, 0.717) is 34.6 Å². The molecule has 0 radical (unpaired) electrons. The lowest BCUT2D eigenvalue weighted by Crippen LogP contribution is -2.13. The van der Waals surface area contributed by atoms with E-state index in [1.807, 2.05) is 13.0 Å². The monoisotopic (exact) mass is 405 g/mol. The van der Waals surface area contributed by atoms with Gasteiger partial charge in [-0.25, -0.2) is 13.8 Å². The average Bonchev–Trinajstić information content (AvgIpc) is 2.76. The summed E-state index contributed by atoms with van der Waals surface area (Å²) < 4.78 is 33.0. The molecule has 2 heterocycles. The molecule has 0 saturated carbocycles. The third-order valence-corrected chi connectivity index (χ3v) is 4.73. The van der Waals surface area contributed by atoms with Crippen molar-refractivity contribution in [2.45, 2.75) is 13.3 Å². The van der Waals surface area contributed by atoms with Gasteiger partial charge in [0.15, 0.2) is 11.6 Å². The molecule has 2 N–H and O–H groups in total. The molecule has 0 aliphatic carbocycles. The first-order valence-corrected chi connectivity index (χ1v) is 9.27. The number of benzene rings is 2. The number of nitrogens with zero attached hydrogens (tertiary/aromatic N) is 2. The molecular formula is C23H17F2N3O2. The van der Waals surface area contributed by atoms with E-state index in [2.05, 4.69) is 9.97 Å². The molecule has 2 aromatic carbocycles. The summed E-state index contributed by atoms with van der Waals surface area (Å²) in [5.74, 6) is -1.53. The van der Waals surface area contributed by atoms with Crippen molar-refractivity contribution < 1.29 is 18.3 Å². The fourth-order valence-electron chi connectivity index (χ4n) is 3.23. The van der Waals surface area contributed by atoms with Gasteiger partial charge in [0.25, 0.3) is 0 Å². The number of pyridine rings is 2. The Labute approximate surface area is 171 Å². The first kappa shape index (κ1) is 19.4. The number of aromatic nitrogens is 2. The van der Waals surface area contributed by atoms with Gasteiger partial charge in [-0.15, -0.1) is 0 Å².